The number of hydrogen-bond acceptors (Lipinski definition) is 3. The number of hydrogen-bond donors (Lipinski definition) is 2. The summed E-state index contributed by atoms with van der Waals surface area (Å²) in [5, 5.41) is 11.7. The standard InChI is InChI=1S/C13H27N3O2/c1-11(2)9-16-5-4-12(10-16)8-14-13(18)15(3)6-7-17/h11-12,17H,4-10H2,1-3H3,(H,14,18). The van der Waals surface area contributed by atoms with E-state index in [1.165, 1.54) is 4.90 Å². The molecule has 0 spiro atoms. The summed E-state index contributed by atoms with van der Waals surface area (Å²) in [6.07, 6.45) is 1.16. The molecule has 0 aliphatic carbocycles. The second kappa shape index (κ2) is 7.59. The van der Waals surface area contributed by atoms with Crippen LogP contribution >= 0.6 is 0 Å². The highest BCUT2D eigenvalue weighted by atomic mass is 16.3. The Morgan fingerprint density at radius 3 is 2.89 bits per heavy atom. The molecule has 1 rings (SSSR count). The summed E-state index contributed by atoms with van der Waals surface area (Å²) in [4.78, 5) is 15.6. The first-order chi connectivity index (χ1) is 8.52. The van der Waals surface area contributed by atoms with Crippen molar-refractivity contribution >= 4 is 6.03 Å². The maximum Gasteiger partial charge on any atom is 0.317 e. The highest BCUT2D eigenvalue weighted by Crippen LogP contribution is 2.16. The van der Waals surface area contributed by atoms with Crippen molar-refractivity contribution in [2.24, 2.45) is 11.8 Å². The summed E-state index contributed by atoms with van der Waals surface area (Å²) in [5.41, 5.74) is 0. The number of likely N-dealkylation sites (N-methyl/N-ethyl adjacent to an activating group) is 1. The van der Waals surface area contributed by atoms with Crippen molar-refractivity contribution in [3.05, 3.63) is 0 Å². The van der Waals surface area contributed by atoms with Gasteiger partial charge in [-0.2, -0.15) is 0 Å². The van der Waals surface area contributed by atoms with Gasteiger partial charge in [0, 0.05) is 33.2 Å². The summed E-state index contributed by atoms with van der Waals surface area (Å²) >= 11 is 0. The van der Waals surface area contributed by atoms with Gasteiger partial charge in [-0.1, -0.05) is 13.8 Å². The molecule has 0 bridgehead atoms. The van der Waals surface area contributed by atoms with Crippen molar-refractivity contribution in [2.75, 3.05) is 46.4 Å². The summed E-state index contributed by atoms with van der Waals surface area (Å²) in [6, 6.07) is -0.0913. The predicted molar refractivity (Wildman–Crippen MR) is 72.5 cm³/mol. The number of nitrogens with one attached hydrogen (secondary N) is 1. The molecule has 5 heteroatoms. The number of amides is 2. The minimum atomic E-state index is -0.0913. The first kappa shape index (κ1) is 15.2. The van der Waals surface area contributed by atoms with Crippen LogP contribution in [0.2, 0.25) is 0 Å². The fourth-order valence-corrected chi connectivity index (χ4v) is 2.38. The molecular weight excluding hydrogens is 230 g/mol. The molecule has 0 aromatic rings. The number of aliphatic hydroxyl groups is 1. The van der Waals surface area contributed by atoms with Gasteiger partial charge in [0.1, 0.15) is 0 Å². The molecule has 1 atom stereocenters. The predicted octanol–water partition coefficient (Wildman–Crippen LogP) is 0.598. The second-order valence-electron chi connectivity index (χ2n) is 5.64. The van der Waals surface area contributed by atoms with Crippen molar-refractivity contribution in [1.29, 1.82) is 0 Å². The van der Waals surface area contributed by atoms with E-state index in [2.05, 4.69) is 24.1 Å². The van der Waals surface area contributed by atoms with E-state index >= 15 is 0 Å². The van der Waals surface area contributed by atoms with Crippen LogP contribution in [0.4, 0.5) is 4.79 Å². The van der Waals surface area contributed by atoms with Gasteiger partial charge in [-0.3, -0.25) is 0 Å². The lowest BCUT2D eigenvalue weighted by Gasteiger charge is -2.20. The molecule has 2 amide bonds. The molecule has 1 saturated heterocycles. The summed E-state index contributed by atoms with van der Waals surface area (Å²) in [7, 11) is 1.70. The quantitative estimate of drug-likeness (QED) is 0.732. The van der Waals surface area contributed by atoms with Gasteiger partial charge in [0.25, 0.3) is 0 Å². The molecule has 1 aliphatic heterocycles. The molecule has 5 nitrogen and oxygen atoms in total. The van der Waals surface area contributed by atoms with Crippen LogP contribution in [0.25, 0.3) is 0 Å². The van der Waals surface area contributed by atoms with Crippen molar-refractivity contribution in [3.8, 4) is 0 Å². The van der Waals surface area contributed by atoms with Gasteiger partial charge in [-0.25, -0.2) is 4.79 Å². The van der Waals surface area contributed by atoms with Crippen LogP contribution in [0.3, 0.4) is 0 Å². The van der Waals surface area contributed by atoms with E-state index in [0.29, 0.717) is 18.4 Å². The van der Waals surface area contributed by atoms with Gasteiger partial charge in [0.15, 0.2) is 0 Å². The van der Waals surface area contributed by atoms with Crippen molar-refractivity contribution in [1.82, 2.24) is 15.1 Å². The van der Waals surface area contributed by atoms with Gasteiger partial charge < -0.3 is 20.2 Å². The summed E-state index contributed by atoms with van der Waals surface area (Å²) in [6.45, 7) is 8.98. The van der Waals surface area contributed by atoms with Crippen LogP contribution in [-0.4, -0.2) is 67.3 Å². The Morgan fingerprint density at radius 2 is 2.28 bits per heavy atom. The van der Waals surface area contributed by atoms with E-state index in [9.17, 15) is 4.79 Å². The third-order valence-corrected chi connectivity index (χ3v) is 3.32. The Labute approximate surface area is 110 Å². The number of carbonyl (C=O) groups excluding carboxylic acids is 1. The second-order valence-corrected chi connectivity index (χ2v) is 5.64. The highest BCUT2D eigenvalue weighted by Gasteiger charge is 2.23. The Balaban J connectivity index is 2.19. The van der Waals surface area contributed by atoms with Gasteiger partial charge in [0.05, 0.1) is 6.61 Å². The van der Waals surface area contributed by atoms with E-state index < -0.39 is 0 Å². The first-order valence-electron chi connectivity index (χ1n) is 6.85. The van der Waals surface area contributed by atoms with Crippen LogP contribution in [0.5, 0.6) is 0 Å². The minimum absolute atomic E-state index is 0.00944. The Morgan fingerprint density at radius 1 is 1.56 bits per heavy atom. The van der Waals surface area contributed by atoms with E-state index in [4.69, 9.17) is 5.11 Å². The number of urea groups is 1. The lowest BCUT2D eigenvalue weighted by atomic mass is 10.1. The zero-order chi connectivity index (χ0) is 13.5. The van der Waals surface area contributed by atoms with Gasteiger partial charge in [-0.15, -0.1) is 0 Å². The summed E-state index contributed by atoms with van der Waals surface area (Å²) < 4.78 is 0. The maximum absolute atomic E-state index is 11.6. The van der Waals surface area contributed by atoms with Crippen molar-refractivity contribution < 1.29 is 9.90 Å². The molecule has 0 radical (unpaired) electrons. The van der Waals surface area contributed by atoms with Crippen LogP contribution in [-0.2, 0) is 0 Å². The minimum Gasteiger partial charge on any atom is -0.395 e. The van der Waals surface area contributed by atoms with Crippen molar-refractivity contribution in [2.45, 2.75) is 20.3 Å². The number of nitrogens with zero attached hydrogens (tertiary/aromatic N) is 2. The van der Waals surface area contributed by atoms with Gasteiger partial charge >= 0.3 is 6.03 Å². The van der Waals surface area contributed by atoms with Crippen LogP contribution < -0.4 is 5.32 Å². The average molecular weight is 257 g/mol. The number of carbonyl (C=O) groups is 1. The van der Waals surface area contributed by atoms with E-state index in [0.717, 1.165) is 32.6 Å². The highest BCUT2D eigenvalue weighted by molar-refractivity contribution is 5.73. The number of rotatable bonds is 6. The molecule has 1 aliphatic rings. The molecule has 1 fully saturated rings. The molecule has 0 saturated carbocycles. The van der Waals surface area contributed by atoms with E-state index in [1.54, 1.807) is 7.05 Å². The largest absolute Gasteiger partial charge is 0.395 e. The topological polar surface area (TPSA) is 55.8 Å². The zero-order valence-corrected chi connectivity index (χ0v) is 11.9. The first-order valence-corrected chi connectivity index (χ1v) is 6.85. The Hall–Kier alpha value is -0.810. The zero-order valence-electron chi connectivity index (χ0n) is 11.9. The molecule has 1 unspecified atom stereocenters. The lowest BCUT2D eigenvalue weighted by Crippen LogP contribution is -2.41. The average Bonchev–Trinajstić information content (AvgIpc) is 2.73. The molecule has 18 heavy (non-hydrogen) atoms. The Bertz CT molecular complexity index is 259. The molecule has 0 aromatic carbocycles. The SMILES string of the molecule is CC(C)CN1CCC(CNC(=O)N(C)CCO)C1. The third kappa shape index (κ3) is 5.23. The monoisotopic (exact) mass is 257 g/mol. The van der Waals surface area contributed by atoms with E-state index in [1.807, 2.05) is 0 Å². The molecule has 0 aromatic heterocycles. The van der Waals surface area contributed by atoms with Crippen molar-refractivity contribution in [3.63, 3.8) is 0 Å². The number of aliphatic hydroxyl groups excluding tert-OH is 1. The van der Waals surface area contributed by atoms with E-state index in [-0.39, 0.29) is 12.6 Å². The Kier molecular flexibility index (Phi) is 6.43. The smallest absolute Gasteiger partial charge is 0.317 e. The molecule has 1 heterocycles. The lowest BCUT2D eigenvalue weighted by molar-refractivity contribution is 0.189. The number of likely N-dealkylation sites (tertiary alicyclic amines) is 1. The fraction of sp³-hybridized carbons (Fsp3) is 0.923. The fourth-order valence-electron chi connectivity index (χ4n) is 2.38. The summed E-state index contributed by atoms with van der Waals surface area (Å²) in [5.74, 6) is 1.27. The van der Waals surface area contributed by atoms with Crippen LogP contribution in [0.15, 0.2) is 0 Å². The van der Waals surface area contributed by atoms with Gasteiger partial charge in [-0.05, 0) is 24.8 Å². The maximum atomic E-state index is 11.6. The third-order valence-electron chi connectivity index (χ3n) is 3.32. The molecule has 2 N–H and O–H groups in total. The molecule has 106 valence electrons. The van der Waals surface area contributed by atoms with Crippen LogP contribution in [0.1, 0.15) is 20.3 Å². The normalized spacial score (nSPS) is 20.4. The molecular formula is C13H27N3O2. The van der Waals surface area contributed by atoms with Crippen LogP contribution in [0, 0.1) is 11.8 Å². The van der Waals surface area contributed by atoms with Gasteiger partial charge in [0.2, 0.25) is 0 Å².